The zero-order valence-corrected chi connectivity index (χ0v) is 12.7. The third-order valence-electron chi connectivity index (χ3n) is 2.46. The third kappa shape index (κ3) is 4.02. The zero-order chi connectivity index (χ0) is 14.4. The highest BCUT2D eigenvalue weighted by molar-refractivity contribution is 7.09. The highest BCUT2D eigenvalue weighted by atomic mass is 32.1. The fourth-order valence-electron chi connectivity index (χ4n) is 1.54. The smallest absolute Gasteiger partial charge is 0.231 e. The molecule has 0 bridgehead atoms. The largest absolute Gasteiger partial charge is 0.354 e. The van der Waals surface area contributed by atoms with Crippen LogP contribution in [0.2, 0.25) is 0 Å². The maximum absolute atomic E-state index is 4.37. The first-order valence-corrected chi connectivity index (χ1v) is 7.36. The van der Waals surface area contributed by atoms with Crippen molar-refractivity contribution in [2.75, 3.05) is 42.7 Å². The molecule has 20 heavy (non-hydrogen) atoms. The molecule has 8 heteroatoms. The van der Waals surface area contributed by atoms with E-state index in [0.717, 1.165) is 24.5 Å². The number of aromatic nitrogens is 4. The van der Waals surface area contributed by atoms with Gasteiger partial charge < -0.3 is 15.5 Å². The van der Waals surface area contributed by atoms with Crippen molar-refractivity contribution in [2.24, 2.45) is 0 Å². The van der Waals surface area contributed by atoms with Crippen LogP contribution in [0.3, 0.4) is 0 Å². The van der Waals surface area contributed by atoms with Crippen LogP contribution in [-0.2, 0) is 6.42 Å². The first-order chi connectivity index (χ1) is 9.69. The lowest BCUT2D eigenvalue weighted by molar-refractivity contribution is 0.921. The number of hydrogen-bond acceptors (Lipinski definition) is 8. The third-order valence-corrected chi connectivity index (χ3v) is 3.30. The van der Waals surface area contributed by atoms with Gasteiger partial charge in [0.2, 0.25) is 17.8 Å². The molecular formula is C12H19N7S. The normalized spacial score (nSPS) is 10.3. The Kier molecular flexibility index (Phi) is 5.05. The molecule has 2 heterocycles. The van der Waals surface area contributed by atoms with E-state index in [1.54, 1.807) is 11.3 Å². The van der Waals surface area contributed by atoms with Gasteiger partial charge in [-0.15, -0.1) is 11.3 Å². The van der Waals surface area contributed by atoms with Gasteiger partial charge in [-0.25, -0.2) is 4.98 Å². The van der Waals surface area contributed by atoms with Crippen LogP contribution in [0.25, 0.3) is 0 Å². The molecule has 0 atom stereocenters. The summed E-state index contributed by atoms with van der Waals surface area (Å²) in [6, 6.07) is 0. The van der Waals surface area contributed by atoms with Gasteiger partial charge in [0.1, 0.15) is 0 Å². The summed E-state index contributed by atoms with van der Waals surface area (Å²) < 4.78 is 0. The molecule has 0 aliphatic heterocycles. The number of thiazole rings is 1. The van der Waals surface area contributed by atoms with Gasteiger partial charge in [-0.3, -0.25) is 0 Å². The van der Waals surface area contributed by atoms with E-state index in [4.69, 9.17) is 0 Å². The SMILES string of the molecule is CCNc1nc(NCCc2nccs2)nc(N(C)C)n1. The second kappa shape index (κ2) is 6.99. The summed E-state index contributed by atoms with van der Waals surface area (Å²) in [5.74, 6) is 1.80. The minimum Gasteiger partial charge on any atom is -0.354 e. The van der Waals surface area contributed by atoms with Gasteiger partial charge in [-0.2, -0.15) is 15.0 Å². The fourth-order valence-corrected chi connectivity index (χ4v) is 2.16. The van der Waals surface area contributed by atoms with Gasteiger partial charge in [0.05, 0.1) is 5.01 Å². The summed E-state index contributed by atoms with van der Waals surface area (Å²) in [4.78, 5) is 19.1. The van der Waals surface area contributed by atoms with Crippen LogP contribution in [0.4, 0.5) is 17.8 Å². The molecule has 0 amide bonds. The van der Waals surface area contributed by atoms with Crippen molar-refractivity contribution in [3.05, 3.63) is 16.6 Å². The molecule has 0 spiro atoms. The molecule has 0 saturated heterocycles. The predicted octanol–water partition coefficient (Wildman–Crippen LogP) is 1.48. The molecule has 108 valence electrons. The van der Waals surface area contributed by atoms with Crippen LogP contribution in [0.1, 0.15) is 11.9 Å². The van der Waals surface area contributed by atoms with Crippen LogP contribution in [0, 0.1) is 0 Å². The van der Waals surface area contributed by atoms with Crippen LogP contribution in [0.5, 0.6) is 0 Å². The van der Waals surface area contributed by atoms with Crippen molar-refractivity contribution < 1.29 is 0 Å². The number of hydrogen-bond donors (Lipinski definition) is 2. The summed E-state index contributed by atoms with van der Waals surface area (Å²) in [5, 5.41) is 9.40. The Bertz CT molecular complexity index is 527. The summed E-state index contributed by atoms with van der Waals surface area (Å²) in [5.41, 5.74) is 0. The maximum atomic E-state index is 4.37. The second-order valence-corrected chi connectivity index (χ2v) is 5.29. The number of rotatable bonds is 7. The van der Waals surface area contributed by atoms with E-state index in [0.29, 0.717) is 17.8 Å². The molecule has 0 saturated carbocycles. The Labute approximate surface area is 122 Å². The van der Waals surface area contributed by atoms with Gasteiger partial charge in [0, 0.05) is 45.2 Å². The van der Waals surface area contributed by atoms with Crippen molar-refractivity contribution in [1.29, 1.82) is 0 Å². The Morgan fingerprint density at radius 2 is 1.90 bits per heavy atom. The summed E-state index contributed by atoms with van der Waals surface area (Å²) in [6.45, 7) is 3.53. The minimum atomic E-state index is 0.580. The van der Waals surface area contributed by atoms with E-state index >= 15 is 0 Å². The van der Waals surface area contributed by atoms with E-state index in [2.05, 4.69) is 30.6 Å². The molecule has 7 nitrogen and oxygen atoms in total. The van der Waals surface area contributed by atoms with Gasteiger partial charge in [-0.1, -0.05) is 0 Å². The van der Waals surface area contributed by atoms with Crippen LogP contribution < -0.4 is 15.5 Å². The highest BCUT2D eigenvalue weighted by Gasteiger charge is 2.07. The molecule has 0 radical (unpaired) electrons. The van der Waals surface area contributed by atoms with E-state index in [1.165, 1.54) is 0 Å². The Morgan fingerprint density at radius 3 is 2.50 bits per heavy atom. The van der Waals surface area contributed by atoms with Crippen molar-refractivity contribution in [2.45, 2.75) is 13.3 Å². The average molecular weight is 293 g/mol. The summed E-state index contributed by atoms with van der Waals surface area (Å²) >= 11 is 1.65. The molecule has 2 rings (SSSR count). The zero-order valence-electron chi connectivity index (χ0n) is 11.9. The molecule has 0 fully saturated rings. The monoisotopic (exact) mass is 293 g/mol. The maximum Gasteiger partial charge on any atom is 0.231 e. The quantitative estimate of drug-likeness (QED) is 0.800. The van der Waals surface area contributed by atoms with Crippen molar-refractivity contribution in [3.63, 3.8) is 0 Å². The molecule has 2 aromatic rings. The van der Waals surface area contributed by atoms with Gasteiger partial charge in [0.15, 0.2) is 0 Å². The van der Waals surface area contributed by atoms with E-state index in [-0.39, 0.29) is 0 Å². The standard InChI is InChI=1S/C12H19N7S/c1-4-13-10-16-11(18-12(17-10)19(2)3)15-6-5-9-14-7-8-20-9/h7-8H,4-6H2,1-3H3,(H2,13,15,16,17,18). The van der Waals surface area contributed by atoms with Gasteiger partial charge in [-0.05, 0) is 6.92 Å². The summed E-state index contributed by atoms with van der Waals surface area (Å²) in [6.07, 6.45) is 2.67. The molecule has 0 aromatic carbocycles. The molecule has 2 aromatic heterocycles. The number of nitrogens with one attached hydrogen (secondary N) is 2. The first-order valence-electron chi connectivity index (χ1n) is 6.48. The molecule has 2 N–H and O–H groups in total. The van der Waals surface area contributed by atoms with Crippen LogP contribution in [0.15, 0.2) is 11.6 Å². The average Bonchev–Trinajstić information content (AvgIpc) is 2.92. The van der Waals surface area contributed by atoms with Crippen LogP contribution in [-0.4, -0.2) is 47.1 Å². The topological polar surface area (TPSA) is 78.9 Å². The predicted molar refractivity (Wildman–Crippen MR) is 82.6 cm³/mol. The molecule has 0 aliphatic rings. The lowest BCUT2D eigenvalue weighted by atomic mass is 10.4. The first kappa shape index (κ1) is 14.4. The Morgan fingerprint density at radius 1 is 1.15 bits per heavy atom. The molecule has 0 aliphatic carbocycles. The Hall–Kier alpha value is -1.96. The van der Waals surface area contributed by atoms with Crippen molar-refractivity contribution in [1.82, 2.24) is 19.9 Å². The van der Waals surface area contributed by atoms with Crippen molar-refractivity contribution in [3.8, 4) is 0 Å². The lowest BCUT2D eigenvalue weighted by Gasteiger charge is -2.13. The second-order valence-electron chi connectivity index (χ2n) is 4.31. The lowest BCUT2D eigenvalue weighted by Crippen LogP contribution is -2.17. The highest BCUT2D eigenvalue weighted by Crippen LogP contribution is 2.11. The van der Waals surface area contributed by atoms with Gasteiger partial charge >= 0.3 is 0 Å². The number of nitrogens with zero attached hydrogens (tertiary/aromatic N) is 5. The van der Waals surface area contributed by atoms with Gasteiger partial charge in [0.25, 0.3) is 0 Å². The summed E-state index contributed by atoms with van der Waals surface area (Å²) in [7, 11) is 3.81. The van der Waals surface area contributed by atoms with E-state index in [9.17, 15) is 0 Å². The van der Waals surface area contributed by atoms with Crippen molar-refractivity contribution >= 4 is 29.2 Å². The molecular weight excluding hydrogens is 274 g/mol. The fraction of sp³-hybridized carbons (Fsp3) is 0.500. The Balaban J connectivity index is 2.01. The van der Waals surface area contributed by atoms with E-state index in [1.807, 2.05) is 37.5 Å². The minimum absolute atomic E-state index is 0.580. The van der Waals surface area contributed by atoms with Crippen LogP contribution >= 0.6 is 11.3 Å². The molecule has 0 unspecified atom stereocenters. The number of anilines is 3. The van der Waals surface area contributed by atoms with E-state index < -0.39 is 0 Å².